The standard InChI is InChI=1S/C14H19N3O2/c1-3-12-13(18)16-6-7-17(12)14(19)10-5-4-9(2)11(15)8-10/h4-5,8,12H,3,6-7,15H2,1-2H3,(H,16,18). The minimum absolute atomic E-state index is 0.0813. The average Bonchev–Trinajstić information content (AvgIpc) is 2.40. The summed E-state index contributed by atoms with van der Waals surface area (Å²) < 4.78 is 0. The zero-order chi connectivity index (χ0) is 14.0. The number of piperazine rings is 1. The number of carbonyl (C=O) groups excluding carboxylic acids is 2. The van der Waals surface area contributed by atoms with Crippen molar-refractivity contribution < 1.29 is 9.59 Å². The summed E-state index contributed by atoms with van der Waals surface area (Å²) in [5.74, 6) is -0.212. The van der Waals surface area contributed by atoms with Crippen LogP contribution in [0.2, 0.25) is 0 Å². The molecule has 1 saturated heterocycles. The molecule has 0 spiro atoms. The highest BCUT2D eigenvalue weighted by Crippen LogP contribution is 2.17. The summed E-state index contributed by atoms with van der Waals surface area (Å²) >= 11 is 0. The summed E-state index contributed by atoms with van der Waals surface area (Å²) in [5.41, 5.74) is 7.91. The summed E-state index contributed by atoms with van der Waals surface area (Å²) in [6, 6.07) is 4.88. The minimum atomic E-state index is -0.385. The zero-order valence-electron chi connectivity index (χ0n) is 11.3. The van der Waals surface area contributed by atoms with Gasteiger partial charge in [-0.2, -0.15) is 0 Å². The van der Waals surface area contributed by atoms with Crippen molar-refractivity contribution in [1.29, 1.82) is 0 Å². The fourth-order valence-corrected chi connectivity index (χ4v) is 2.30. The van der Waals surface area contributed by atoms with E-state index in [1.165, 1.54) is 0 Å². The number of hydrogen-bond donors (Lipinski definition) is 2. The quantitative estimate of drug-likeness (QED) is 0.778. The predicted octanol–water partition coefficient (Wildman–Crippen LogP) is 0.928. The van der Waals surface area contributed by atoms with Crippen molar-refractivity contribution >= 4 is 17.5 Å². The first kappa shape index (κ1) is 13.4. The lowest BCUT2D eigenvalue weighted by molar-refractivity contribution is -0.127. The third kappa shape index (κ3) is 2.54. The molecule has 2 rings (SSSR count). The Morgan fingerprint density at radius 2 is 2.26 bits per heavy atom. The molecule has 1 heterocycles. The van der Waals surface area contributed by atoms with Gasteiger partial charge in [0, 0.05) is 24.3 Å². The third-order valence-electron chi connectivity index (χ3n) is 3.50. The second kappa shape index (κ2) is 5.30. The molecular formula is C14H19N3O2. The van der Waals surface area contributed by atoms with Crippen LogP contribution < -0.4 is 11.1 Å². The van der Waals surface area contributed by atoms with Crippen LogP contribution in [0.5, 0.6) is 0 Å². The fraction of sp³-hybridized carbons (Fsp3) is 0.429. The topological polar surface area (TPSA) is 75.4 Å². The molecule has 1 fully saturated rings. The maximum atomic E-state index is 12.5. The van der Waals surface area contributed by atoms with E-state index in [0.717, 1.165) is 5.56 Å². The molecule has 5 nitrogen and oxygen atoms in total. The number of aryl methyl sites for hydroxylation is 1. The Labute approximate surface area is 112 Å². The van der Waals surface area contributed by atoms with E-state index in [0.29, 0.717) is 30.8 Å². The number of amides is 2. The monoisotopic (exact) mass is 261 g/mol. The fourth-order valence-electron chi connectivity index (χ4n) is 2.30. The van der Waals surface area contributed by atoms with Gasteiger partial charge in [-0.05, 0) is 31.0 Å². The first-order valence-electron chi connectivity index (χ1n) is 6.49. The Morgan fingerprint density at radius 3 is 2.89 bits per heavy atom. The van der Waals surface area contributed by atoms with E-state index in [1.54, 1.807) is 17.0 Å². The van der Waals surface area contributed by atoms with E-state index < -0.39 is 0 Å². The minimum Gasteiger partial charge on any atom is -0.398 e. The van der Waals surface area contributed by atoms with Gasteiger partial charge in [0.15, 0.2) is 0 Å². The van der Waals surface area contributed by atoms with Crippen LogP contribution >= 0.6 is 0 Å². The average molecular weight is 261 g/mol. The summed E-state index contributed by atoms with van der Waals surface area (Å²) in [6.45, 7) is 4.84. The van der Waals surface area contributed by atoms with E-state index in [1.807, 2.05) is 19.9 Å². The molecule has 19 heavy (non-hydrogen) atoms. The number of hydrogen-bond acceptors (Lipinski definition) is 3. The van der Waals surface area contributed by atoms with Crippen molar-refractivity contribution in [2.45, 2.75) is 26.3 Å². The molecule has 5 heteroatoms. The van der Waals surface area contributed by atoms with Gasteiger partial charge in [0.25, 0.3) is 5.91 Å². The maximum absolute atomic E-state index is 12.5. The number of benzene rings is 1. The molecule has 0 aromatic heterocycles. The number of nitrogens with one attached hydrogen (secondary N) is 1. The van der Waals surface area contributed by atoms with Crippen LogP contribution in [0.15, 0.2) is 18.2 Å². The Balaban J connectivity index is 2.26. The van der Waals surface area contributed by atoms with Crippen molar-refractivity contribution in [1.82, 2.24) is 10.2 Å². The SMILES string of the molecule is CCC1C(=O)NCCN1C(=O)c1ccc(C)c(N)c1. The van der Waals surface area contributed by atoms with Crippen molar-refractivity contribution in [3.8, 4) is 0 Å². The molecule has 1 aliphatic rings. The van der Waals surface area contributed by atoms with E-state index in [2.05, 4.69) is 5.32 Å². The number of nitrogen functional groups attached to an aromatic ring is 1. The lowest BCUT2D eigenvalue weighted by Crippen LogP contribution is -2.56. The Kier molecular flexibility index (Phi) is 3.74. The van der Waals surface area contributed by atoms with Crippen LogP contribution in [0.25, 0.3) is 0 Å². The lowest BCUT2D eigenvalue weighted by atomic mass is 10.1. The number of rotatable bonds is 2. The van der Waals surface area contributed by atoms with E-state index in [4.69, 9.17) is 5.73 Å². The van der Waals surface area contributed by atoms with Gasteiger partial charge in [0.1, 0.15) is 6.04 Å². The van der Waals surface area contributed by atoms with Gasteiger partial charge >= 0.3 is 0 Å². The first-order chi connectivity index (χ1) is 9.04. The Morgan fingerprint density at radius 1 is 1.53 bits per heavy atom. The maximum Gasteiger partial charge on any atom is 0.254 e. The molecule has 0 saturated carbocycles. The normalized spacial score (nSPS) is 19.2. The molecule has 1 aromatic carbocycles. The molecule has 0 radical (unpaired) electrons. The summed E-state index contributed by atoms with van der Waals surface area (Å²) in [6.07, 6.45) is 0.610. The number of nitrogens with two attached hydrogens (primary N) is 1. The summed E-state index contributed by atoms with van der Waals surface area (Å²) in [5, 5.41) is 2.78. The highest BCUT2D eigenvalue weighted by molar-refractivity contribution is 5.98. The van der Waals surface area contributed by atoms with Gasteiger partial charge in [-0.25, -0.2) is 0 Å². The zero-order valence-corrected chi connectivity index (χ0v) is 11.3. The number of anilines is 1. The summed E-state index contributed by atoms with van der Waals surface area (Å²) in [7, 11) is 0. The second-order valence-electron chi connectivity index (χ2n) is 4.78. The molecule has 1 aliphatic heterocycles. The highest BCUT2D eigenvalue weighted by atomic mass is 16.2. The Bertz CT molecular complexity index is 513. The largest absolute Gasteiger partial charge is 0.398 e. The Hall–Kier alpha value is -2.04. The van der Waals surface area contributed by atoms with E-state index >= 15 is 0 Å². The van der Waals surface area contributed by atoms with Crippen molar-refractivity contribution in [2.75, 3.05) is 18.8 Å². The lowest BCUT2D eigenvalue weighted by Gasteiger charge is -2.34. The smallest absolute Gasteiger partial charge is 0.254 e. The molecular weight excluding hydrogens is 242 g/mol. The van der Waals surface area contributed by atoms with Gasteiger partial charge < -0.3 is 16.0 Å². The van der Waals surface area contributed by atoms with Crippen molar-refractivity contribution in [3.63, 3.8) is 0 Å². The molecule has 1 aromatic rings. The van der Waals surface area contributed by atoms with Gasteiger partial charge in [-0.3, -0.25) is 9.59 Å². The molecule has 0 aliphatic carbocycles. The van der Waals surface area contributed by atoms with E-state index in [9.17, 15) is 9.59 Å². The van der Waals surface area contributed by atoms with Crippen LogP contribution in [0.1, 0.15) is 29.3 Å². The molecule has 1 unspecified atom stereocenters. The van der Waals surface area contributed by atoms with Gasteiger partial charge in [-0.15, -0.1) is 0 Å². The van der Waals surface area contributed by atoms with Gasteiger partial charge in [-0.1, -0.05) is 13.0 Å². The van der Waals surface area contributed by atoms with Crippen molar-refractivity contribution in [2.24, 2.45) is 0 Å². The number of carbonyl (C=O) groups is 2. The van der Waals surface area contributed by atoms with Gasteiger partial charge in [0.2, 0.25) is 5.91 Å². The van der Waals surface area contributed by atoms with Crippen LogP contribution in [0.3, 0.4) is 0 Å². The van der Waals surface area contributed by atoms with Crippen molar-refractivity contribution in [3.05, 3.63) is 29.3 Å². The van der Waals surface area contributed by atoms with Crippen LogP contribution in [0, 0.1) is 6.92 Å². The first-order valence-corrected chi connectivity index (χ1v) is 6.49. The molecule has 3 N–H and O–H groups in total. The molecule has 1 atom stereocenters. The summed E-state index contributed by atoms with van der Waals surface area (Å²) in [4.78, 5) is 25.9. The van der Waals surface area contributed by atoms with Crippen LogP contribution in [-0.2, 0) is 4.79 Å². The van der Waals surface area contributed by atoms with Crippen LogP contribution in [0.4, 0.5) is 5.69 Å². The molecule has 2 amide bonds. The third-order valence-corrected chi connectivity index (χ3v) is 3.50. The van der Waals surface area contributed by atoms with Gasteiger partial charge in [0.05, 0.1) is 0 Å². The second-order valence-corrected chi connectivity index (χ2v) is 4.78. The van der Waals surface area contributed by atoms with Crippen LogP contribution in [-0.4, -0.2) is 35.8 Å². The number of nitrogens with zero attached hydrogens (tertiary/aromatic N) is 1. The molecule has 0 bridgehead atoms. The molecule has 102 valence electrons. The van der Waals surface area contributed by atoms with E-state index in [-0.39, 0.29) is 17.9 Å². The predicted molar refractivity (Wildman–Crippen MR) is 73.7 cm³/mol. The highest BCUT2D eigenvalue weighted by Gasteiger charge is 2.32.